The van der Waals surface area contributed by atoms with Crippen LogP contribution in [0.2, 0.25) is 0 Å². The van der Waals surface area contributed by atoms with Crippen LogP contribution in [0.15, 0.2) is 47.4 Å². The van der Waals surface area contributed by atoms with Gasteiger partial charge >= 0.3 is 0 Å². The lowest BCUT2D eigenvalue weighted by atomic mass is 9.99. The lowest BCUT2D eigenvalue weighted by Crippen LogP contribution is -2.14. The summed E-state index contributed by atoms with van der Waals surface area (Å²) in [5, 5.41) is 0. The van der Waals surface area contributed by atoms with Gasteiger partial charge in [-0.15, -0.1) is 11.8 Å². The van der Waals surface area contributed by atoms with E-state index in [0.717, 1.165) is 18.7 Å². The minimum atomic E-state index is 1.06. The molecule has 126 valence electrons. The van der Waals surface area contributed by atoms with Crippen LogP contribution in [0.3, 0.4) is 0 Å². The normalized spacial score (nSPS) is 13.4. The zero-order valence-corrected chi connectivity index (χ0v) is 15.9. The van der Waals surface area contributed by atoms with Crippen LogP contribution in [0.4, 0.5) is 11.4 Å². The first-order valence-corrected chi connectivity index (χ1v) is 9.54. The van der Waals surface area contributed by atoms with Gasteiger partial charge in [0.2, 0.25) is 0 Å². The molecule has 0 unspecified atom stereocenters. The molecule has 1 heterocycles. The molecule has 0 bridgehead atoms. The Kier molecular flexibility index (Phi) is 5.32. The quantitative estimate of drug-likeness (QED) is 0.677. The predicted molar refractivity (Wildman–Crippen MR) is 108 cm³/mol. The van der Waals surface area contributed by atoms with Gasteiger partial charge in [-0.1, -0.05) is 25.1 Å². The van der Waals surface area contributed by atoms with E-state index in [1.54, 1.807) is 0 Å². The molecular weight excluding hydrogens is 312 g/mol. The summed E-state index contributed by atoms with van der Waals surface area (Å²) in [6.45, 7) is 3.27. The van der Waals surface area contributed by atoms with E-state index in [4.69, 9.17) is 0 Å². The monoisotopic (exact) mass is 338 g/mol. The van der Waals surface area contributed by atoms with Gasteiger partial charge in [-0.05, 0) is 67.7 Å². The molecule has 0 aromatic heterocycles. The smallest absolute Gasteiger partial charge is 0.0485 e. The molecule has 0 fully saturated rings. The van der Waals surface area contributed by atoms with Gasteiger partial charge < -0.3 is 9.80 Å². The van der Waals surface area contributed by atoms with Crippen LogP contribution in [0, 0.1) is 0 Å². The van der Waals surface area contributed by atoms with Gasteiger partial charge in [0, 0.05) is 35.4 Å². The Morgan fingerprint density at radius 2 is 1.83 bits per heavy atom. The number of rotatable bonds is 5. The molecule has 0 saturated heterocycles. The molecule has 0 radical (unpaired) electrons. The van der Waals surface area contributed by atoms with E-state index in [1.807, 2.05) is 11.8 Å². The number of thioether (sulfide) groups is 1. The molecule has 3 heteroatoms. The maximum absolute atomic E-state index is 2.38. The maximum atomic E-state index is 2.38. The van der Waals surface area contributed by atoms with Crippen molar-refractivity contribution >= 4 is 34.8 Å². The van der Waals surface area contributed by atoms with Crippen molar-refractivity contribution in [2.24, 2.45) is 0 Å². The van der Waals surface area contributed by atoms with E-state index in [-0.39, 0.29) is 0 Å². The third-order valence-electron chi connectivity index (χ3n) is 4.44. The highest BCUT2D eigenvalue weighted by molar-refractivity contribution is 7.99. The van der Waals surface area contributed by atoms with Gasteiger partial charge in [0.1, 0.15) is 0 Å². The van der Waals surface area contributed by atoms with Crippen LogP contribution in [0.1, 0.15) is 24.5 Å². The Bertz CT molecular complexity index is 749. The van der Waals surface area contributed by atoms with E-state index in [1.165, 1.54) is 33.0 Å². The summed E-state index contributed by atoms with van der Waals surface area (Å²) in [5.74, 6) is 1.10. The van der Waals surface area contributed by atoms with Crippen molar-refractivity contribution < 1.29 is 0 Å². The number of para-hydroxylation sites is 1. The van der Waals surface area contributed by atoms with Crippen LogP contribution in [-0.4, -0.2) is 38.3 Å². The first-order valence-electron chi connectivity index (χ1n) is 8.55. The first-order chi connectivity index (χ1) is 11.6. The second-order valence-electron chi connectivity index (χ2n) is 6.45. The molecule has 2 aromatic carbocycles. The molecule has 0 saturated carbocycles. The standard InChI is InChI=1S/C21H26N2S/c1-5-24-18-10-11-21-19(15-18)16(12-13-22(2)3)14-17-8-6-7-9-20(17)23(21)4/h6-11,14-15H,5,12-13H2,1-4H3. The van der Waals surface area contributed by atoms with Crippen molar-refractivity contribution in [3.8, 4) is 0 Å². The van der Waals surface area contributed by atoms with Gasteiger partial charge in [-0.3, -0.25) is 0 Å². The minimum Gasteiger partial charge on any atom is -0.344 e. The molecule has 0 atom stereocenters. The summed E-state index contributed by atoms with van der Waals surface area (Å²) in [5.41, 5.74) is 6.66. The SMILES string of the molecule is CCSc1ccc2c(c1)C(CCN(C)C)=Cc1ccccc1N2C. The second kappa shape index (κ2) is 7.45. The molecular formula is C21H26N2S. The van der Waals surface area contributed by atoms with Crippen molar-refractivity contribution in [1.29, 1.82) is 0 Å². The highest BCUT2D eigenvalue weighted by Crippen LogP contribution is 2.41. The third kappa shape index (κ3) is 3.52. The number of fused-ring (bicyclic) bond motifs is 2. The van der Waals surface area contributed by atoms with Gasteiger partial charge in [0.05, 0.1) is 0 Å². The van der Waals surface area contributed by atoms with Crippen molar-refractivity contribution in [3.05, 3.63) is 53.6 Å². The lowest BCUT2D eigenvalue weighted by molar-refractivity contribution is 0.420. The van der Waals surface area contributed by atoms with Gasteiger partial charge in [-0.2, -0.15) is 0 Å². The topological polar surface area (TPSA) is 6.48 Å². The Morgan fingerprint density at radius 1 is 1.04 bits per heavy atom. The van der Waals surface area contributed by atoms with E-state index in [2.05, 4.69) is 86.4 Å². The summed E-state index contributed by atoms with van der Waals surface area (Å²) >= 11 is 1.91. The van der Waals surface area contributed by atoms with Gasteiger partial charge in [-0.25, -0.2) is 0 Å². The fourth-order valence-corrected chi connectivity index (χ4v) is 3.88. The van der Waals surface area contributed by atoms with Gasteiger partial charge in [0.25, 0.3) is 0 Å². The number of anilines is 2. The number of hydrogen-bond acceptors (Lipinski definition) is 3. The van der Waals surface area contributed by atoms with Crippen molar-refractivity contribution in [3.63, 3.8) is 0 Å². The minimum absolute atomic E-state index is 1.06. The predicted octanol–water partition coefficient (Wildman–Crippen LogP) is 5.37. The number of nitrogens with zero attached hydrogens (tertiary/aromatic N) is 2. The van der Waals surface area contributed by atoms with E-state index in [0.29, 0.717) is 0 Å². The molecule has 0 spiro atoms. The second-order valence-corrected chi connectivity index (χ2v) is 7.79. The van der Waals surface area contributed by atoms with E-state index < -0.39 is 0 Å². The Balaban J connectivity index is 2.12. The summed E-state index contributed by atoms with van der Waals surface area (Å²) in [7, 11) is 6.45. The van der Waals surface area contributed by atoms with Crippen molar-refractivity contribution in [1.82, 2.24) is 4.90 Å². The first kappa shape index (κ1) is 17.1. The van der Waals surface area contributed by atoms with E-state index in [9.17, 15) is 0 Å². The molecule has 0 amide bonds. The van der Waals surface area contributed by atoms with E-state index >= 15 is 0 Å². The maximum Gasteiger partial charge on any atom is 0.0485 e. The van der Waals surface area contributed by atoms with Crippen LogP contribution in [-0.2, 0) is 0 Å². The van der Waals surface area contributed by atoms with Crippen LogP contribution < -0.4 is 4.90 Å². The highest BCUT2D eigenvalue weighted by atomic mass is 32.2. The molecule has 3 rings (SSSR count). The fourth-order valence-electron chi connectivity index (χ4n) is 3.18. The summed E-state index contributed by atoms with van der Waals surface area (Å²) in [6, 6.07) is 15.6. The molecule has 0 aliphatic carbocycles. The zero-order chi connectivity index (χ0) is 17.1. The summed E-state index contributed by atoms with van der Waals surface area (Å²) < 4.78 is 0. The van der Waals surface area contributed by atoms with Crippen LogP contribution in [0.5, 0.6) is 0 Å². The molecule has 1 aliphatic rings. The largest absolute Gasteiger partial charge is 0.344 e. The molecule has 24 heavy (non-hydrogen) atoms. The van der Waals surface area contributed by atoms with Gasteiger partial charge in [0.15, 0.2) is 0 Å². The lowest BCUT2D eigenvalue weighted by Gasteiger charge is -2.23. The summed E-state index contributed by atoms with van der Waals surface area (Å²) in [4.78, 5) is 5.93. The third-order valence-corrected chi connectivity index (χ3v) is 5.32. The van der Waals surface area contributed by atoms with Crippen LogP contribution in [0.25, 0.3) is 11.6 Å². The molecule has 2 nitrogen and oxygen atoms in total. The van der Waals surface area contributed by atoms with Crippen LogP contribution >= 0.6 is 11.8 Å². The molecule has 2 aromatic rings. The molecule has 0 N–H and O–H groups in total. The Morgan fingerprint density at radius 3 is 2.58 bits per heavy atom. The zero-order valence-electron chi connectivity index (χ0n) is 15.0. The fraction of sp³-hybridized carbons (Fsp3) is 0.333. The molecule has 1 aliphatic heterocycles. The number of benzene rings is 2. The Labute approximate surface area is 150 Å². The average molecular weight is 339 g/mol. The number of hydrogen-bond donors (Lipinski definition) is 0. The highest BCUT2D eigenvalue weighted by Gasteiger charge is 2.19. The van der Waals surface area contributed by atoms with Crippen molar-refractivity contribution in [2.45, 2.75) is 18.2 Å². The summed E-state index contributed by atoms with van der Waals surface area (Å²) in [6.07, 6.45) is 3.43. The van der Waals surface area contributed by atoms with Crippen molar-refractivity contribution in [2.75, 3.05) is 38.3 Å². The average Bonchev–Trinajstić information content (AvgIpc) is 2.69. The Hall–Kier alpha value is -1.71.